The van der Waals surface area contributed by atoms with Crippen molar-refractivity contribution in [3.8, 4) is 0 Å². The zero-order valence-electron chi connectivity index (χ0n) is 13.4. The number of nitrogen functional groups attached to an aromatic ring is 1. The topological polar surface area (TPSA) is 54.2 Å². The number of hydrazine groups is 1. The minimum Gasteiger partial charge on any atom is -0.308 e. The third-order valence-corrected chi connectivity index (χ3v) is 3.42. The van der Waals surface area contributed by atoms with Crippen molar-refractivity contribution in [2.45, 2.75) is 47.1 Å². The van der Waals surface area contributed by atoms with Crippen LogP contribution < -0.4 is 11.3 Å². The minimum atomic E-state index is 0.732. The van der Waals surface area contributed by atoms with Gasteiger partial charge in [-0.3, -0.25) is 4.90 Å². The fraction of sp³-hybridized carbons (Fsp3) is 0.688. The molecule has 0 saturated heterocycles. The number of hydrogen-bond acceptors (Lipinski definition) is 4. The highest BCUT2D eigenvalue weighted by Gasteiger charge is 2.09. The number of nitrogens with two attached hydrogens (primary N) is 1. The molecule has 0 aliphatic rings. The first-order valence-electron chi connectivity index (χ1n) is 7.65. The molecule has 0 fully saturated rings. The van der Waals surface area contributed by atoms with E-state index in [1.165, 1.54) is 18.4 Å². The van der Waals surface area contributed by atoms with Crippen LogP contribution in [0.5, 0.6) is 0 Å². The third kappa shape index (κ3) is 6.87. The summed E-state index contributed by atoms with van der Waals surface area (Å²) in [6.07, 6.45) is 4.30. The van der Waals surface area contributed by atoms with Gasteiger partial charge in [0.15, 0.2) is 0 Å². The van der Waals surface area contributed by atoms with Gasteiger partial charge in [0, 0.05) is 12.7 Å². The molecule has 4 nitrogen and oxygen atoms in total. The number of nitrogens with one attached hydrogen (secondary N) is 1. The van der Waals surface area contributed by atoms with Crippen LogP contribution in [0.2, 0.25) is 0 Å². The number of aromatic nitrogens is 1. The van der Waals surface area contributed by atoms with Crippen LogP contribution in [0.4, 0.5) is 5.82 Å². The Kier molecular flexibility index (Phi) is 7.55. The highest BCUT2D eigenvalue weighted by atomic mass is 15.2. The van der Waals surface area contributed by atoms with Crippen molar-refractivity contribution in [3.63, 3.8) is 0 Å². The Labute approximate surface area is 123 Å². The van der Waals surface area contributed by atoms with Crippen LogP contribution in [-0.4, -0.2) is 23.0 Å². The molecule has 1 rings (SSSR count). The summed E-state index contributed by atoms with van der Waals surface area (Å²) in [5.41, 5.74) is 3.88. The van der Waals surface area contributed by atoms with Gasteiger partial charge in [0.1, 0.15) is 5.82 Å². The Bertz CT molecular complexity index is 364. The van der Waals surface area contributed by atoms with Gasteiger partial charge in [-0.15, -0.1) is 0 Å². The van der Waals surface area contributed by atoms with Crippen molar-refractivity contribution in [2.24, 2.45) is 17.7 Å². The van der Waals surface area contributed by atoms with E-state index in [4.69, 9.17) is 5.84 Å². The first-order valence-corrected chi connectivity index (χ1v) is 7.65. The monoisotopic (exact) mass is 278 g/mol. The van der Waals surface area contributed by atoms with Crippen LogP contribution in [0.3, 0.4) is 0 Å². The van der Waals surface area contributed by atoms with Gasteiger partial charge < -0.3 is 5.43 Å². The smallest absolute Gasteiger partial charge is 0.140 e. The number of nitrogens with zero attached hydrogens (tertiary/aromatic N) is 2. The summed E-state index contributed by atoms with van der Waals surface area (Å²) in [4.78, 5) is 6.70. The van der Waals surface area contributed by atoms with Crippen LogP contribution >= 0.6 is 0 Å². The Morgan fingerprint density at radius 1 is 1.15 bits per heavy atom. The lowest BCUT2D eigenvalue weighted by Gasteiger charge is -2.24. The van der Waals surface area contributed by atoms with E-state index in [0.29, 0.717) is 0 Å². The number of hydrogen-bond donors (Lipinski definition) is 2. The molecule has 0 spiro atoms. The second kappa shape index (κ2) is 8.93. The van der Waals surface area contributed by atoms with Crippen LogP contribution in [0.25, 0.3) is 0 Å². The van der Waals surface area contributed by atoms with Crippen LogP contribution in [0, 0.1) is 11.8 Å². The molecular weight excluding hydrogens is 248 g/mol. The molecule has 4 heteroatoms. The molecule has 0 amide bonds. The Morgan fingerprint density at radius 3 is 2.25 bits per heavy atom. The molecular formula is C16H30N4. The molecule has 114 valence electrons. The summed E-state index contributed by atoms with van der Waals surface area (Å²) in [5, 5.41) is 0. The first kappa shape index (κ1) is 16.9. The molecule has 3 N–H and O–H groups in total. The summed E-state index contributed by atoms with van der Waals surface area (Å²) in [6.45, 7) is 12.4. The maximum absolute atomic E-state index is 5.42. The predicted octanol–water partition coefficient (Wildman–Crippen LogP) is 3.26. The van der Waals surface area contributed by atoms with Gasteiger partial charge in [-0.25, -0.2) is 10.8 Å². The van der Waals surface area contributed by atoms with E-state index < -0.39 is 0 Å². The fourth-order valence-corrected chi connectivity index (χ4v) is 2.06. The van der Waals surface area contributed by atoms with E-state index >= 15 is 0 Å². The zero-order chi connectivity index (χ0) is 15.0. The van der Waals surface area contributed by atoms with Crippen molar-refractivity contribution in [3.05, 3.63) is 23.9 Å². The molecule has 0 atom stereocenters. The molecule has 0 unspecified atom stereocenters. The van der Waals surface area contributed by atoms with Crippen molar-refractivity contribution in [1.29, 1.82) is 0 Å². The van der Waals surface area contributed by atoms with E-state index in [1.54, 1.807) is 0 Å². The molecule has 0 aromatic carbocycles. The maximum atomic E-state index is 5.42. The molecule has 1 heterocycles. The van der Waals surface area contributed by atoms with E-state index in [2.05, 4.69) is 49.1 Å². The average Bonchev–Trinajstić information content (AvgIpc) is 2.41. The summed E-state index contributed by atoms with van der Waals surface area (Å²) in [5.74, 6) is 7.64. The second-order valence-electron chi connectivity index (χ2n) is 6.33. The third-order valence-electron chi connectivity index (χ3n) is 3.42. The summed E-state index contributed by atoms with van der Waals surface area (Å²) in [6, 6.07) is 4.09. The van der Waals surface area contributed by atoms with Crippen LogP contribution in [0.15, 0.2) is 18.3 Å². The van der Waals surface area contributed by atoms with Gasteiger partial charge in [-0.1, -0.05) is 27.7 Å². The number of anilines is 1. The lowest BCUT2D eigenvalue weighted by atomic mass is 10.1. The fourth-order valence-electron chi connectivity index (χ4n) is 2.06. The molecule has 0 aliphatic heterocycles. The summed E-state index contributed by atoms with van der Waals surface area (Å²) in [7, 11) is 0. The highest BCUT2D eigenvalue weighted by molar-refractivity contribution is 5.35. The van der Waals surface area contributed by atoms with Gasteiger partial charge in [0.2, 0.25) is 0 Å². The predicted molar refractivity (Wildman–Crippen MR) is 86.2 cm³/mol. The minimum absolute atomic E-state index is 0.732. The Morgan fingerprint density at radius 2 is 1.75 bits per heavy atom. The normalized spacial score (nSPS) is 11.6. The second-order valence-corrected chi connectivity index (χ2v) is 6.33. The Hall–Kier alpha value is -1.13. The molecule has 0 aliphatic carbocycles. The van der Waals surface area contributed by atoms with E-state index in [-0.39, 0.29) is 0 Å². The van der Waals surface area contributed by atoms with Crippen molar-refractivity contribution in [2.75, 3.05) is 18.5 Å². The molecule has 1 aromatic rings. The highest BCUT2D eigenvalue weighted by Crippen LogP contribution is 2.12. The standard InChI is InChI=1S/C16H30N4/c1-13(2)6-9-20(10-7-14(3)4)12-15-5-8-18-16(11-15)19-17/h5,8,11,13-14H,6-7,9-10,12,17H2,1-4H3,(H,18,19). The van der Waals surface area contributed by atoms with Crippen LogP contribution in [-0.2, 0) is 6.54 Å². The molecule has 0 radical (unpaired) electrons. The largest absolute Gasteiger partial charge is 0.308 e. The molecule has 1 aromatic heterocycles. The lowest BCUT2D eigenvalue weighted by Crippen LogP contribution is -2.27. The van der Waals surface area contributed by atoms with Gasteiger partial charge in [0.05, 0.1) is 0 Å². The van der Waals surface area contributed by atoms with E-state index in [1.807, 2.05) is 12.3 Å². The quantitative estimate of drug-likeness (QED) is 0.538. The molecule has 0 saturated carbocycles. The van der Waals surface area contributed by atoms with Gasteiger partial charge >= 0.3 is 0 Å². The van der Waals surface area contributed by atoms with Gasteiger partial charge in [0.25, 0.3) is 0 Å². The van der Waals surface area contributed by atoms with Crippen molar-refractivity contribution in [1.82, 2.24) is 9.88 Å². The zero-order valence-corrected chi connectivity index (χ0v) is 13.4. The van der Waals surface area contributed by atoms with Crippen LogP contribution in [0.1, 0.15) is 46.1 Å². The number of pyridine rings is 1. The van der Waals surface area contributed by atoms with E-state index in [9.17, 15) is 0 Å². The van der Waals surface area contributed by atoms with E-state index in [0.717, 1.165) is 37.3 Å². The maximum Gasteiger partial charge on any atom is 0.140 e. The first-order chi connectivity index (χ1) is 9.51. The van der Waals surface area contributed by atoms with Gasteiger partial charge in [-0.2, -0.15) is 0 Å². The summed E-state index contributed by atoms with van der Waals surface area (Å²) < 4.78 is 0. The summed E-state index contributed by atoms with van der Waals surface area (Å²) >= 11 is 0. The Balaban J connectivity index is 2.61. The number of rotatable bonds is 9. The molecule has 20 heavy (non-hydrogen) atoms. The van der Waals surface area contributed by atoms with Crippen molar-refractivity contribution < 1.29 is 0 Å². The SMILES string of the molecule is CC(C)CCN(CCC(C)C)Cc1ccnc(NN)c1. The average molecular weight is 278 g/mol. The van der Waals surface area contributed by atoms with Gasteiger partial charge in [-0.05, 0) is 55.5 Å². The lowest BCUT2D eigenvalue weighted by molar-refractivity contribution is 0.235. The molecule has 0 bridgehead atoms. The van der Waals surface area contributed by atoms with Crippen molar-refractivity contribution >= 4 is 5.82 Å².